The van der Waals surface area contributed by atoms with Crippen LogP contribution < -0.4 is 5.32 Å². The molecule has 1 atom stereocenters. The summed E-state index contributed by atoms with van der Waals surface area (Å²) in [6.07, 6.45) is 0. The van der Waals surface area contributed by atoms with Gasteiger partial charge in [-0.15, -0.1) is 0 Å². The molecule has 1 aliphatic rings. The Bertz CT molecular complexity index is 375. The lowest BCUT2D eigenvalue weighted by atomic mass is 10.1. The fraction of sp³-hybridized carbons (Fsp3) is 0.625. The van der Waals surface area contributed by atoms with Crippen LogP contribution in [0.3, 0.4) is 0 Å². The minimum absolute atomic E-state index is 0.548. The molecule has 0 amide bonds. The van der Waals surface area contributed by atoms with Crippen LogP contribution in [0, 0.1) is 0 Å². The maximum atomic E-state index is 3.46. The van der Waals surface area contributed by atoms with Crippen LogP contribution in [-0.2, 0) is 13.1 Å². The Morgan fingerprint density at radius 3 is 2.58 bits per heavy atom. The zero-order chi connectivity index (χ0) is 13.7. The zero-order valence-electron chi connectivity index (χ0n) is 12.4. The molecule has 3 heteroatoms. The van der Waals surface area contributed by atoms with E-state index in [9.17, 15) is 0 Å². The third-order valence-electron chi connectivity index (χ3n) is 3.47. The molecule has 2 rings (SSSR count). The van der Waals surface area contributed by atoms with Crippen molar-refractivity contribution in [3.05, 3.63) is 35.4 Å². The highest BCUT2D eigenvalue weighted by Gasteiger charge is 2.16. The van der Waals surface area contributed by atoms with Gasteiger partial charge in [0.1, 0.15) is 0 Å². The number of rotatable bonds is 5. The molecule has 0 radical (unpaired) electrons. The number of hydrogen-bond acceptors (Lipinski definition) is 3. The summed E-state index contributed by atoms with van der Waals surface area (Å²) < 4.78 is 0. The molecule has 0 spiro atoms. The smallest absolute Gasteiger partial charge is 0.0234 e. The van der Waals surface area contributed by atoms with E-state index < -0.39 is 0 Å². The van der Waals surface area contributed by atoms with E-state index in [1.54, 1.807) is 0 Å². The SMILES string of the molecule is CC(C)NCc1ccc(CN2CCSC(C)C2)cc1. The van der Waals surface area contributed by atoms with Crippen molar-refractivity contribution < 1.29 is 0 Å². The molecular weight excluding hydrogens is 252 g/mol. The lowest BCUT2D eigenvalue weighted by Crippen LogP contribution is -2.36. The van der Waals surface area contributed by atoms with Crippen LogP contribution in [0.25, 0.3) is 0 Å². The van der Waals surface area contributed by atoms with Crippen molar-refractivity contribution >= 4 is 11.8 Å². The third-order valence-corrected chi connectivity index (χ3v) is 4.61. The van der Waals surface area contributed by atoms with Gasteiger partial charge in [-0.05, 0) is 11.1 Å². The van der Waals surface area contributed by atoms with Gasteiger partial charge >= 0.3 is 0 Å². The van der Waals surface area contributed by atoms with Crippen LogP contribution in [0.4, 0.5) is 0 Å². The molecule has 0 aliphatic carbocycles. The van der Waals surface area contributed by atoms with Crippen molar-refractivity contribution in [2.45, 2.75) is 45.2 Å². The van der Waals surface area contributed by atoms with Crippen molar-refractivity contribution in [2.75, 3.05) is 18.8 Å². The van der Waals surface area contributed by atoms with Crippen molar-refractivity contribution in [2.24, 2.45) is 0 Å². The van der Waals surface area contributed by atoms with Crippen molar-refractivity contribution in [3.63, 3.8) is 0 Å². The quantitative estimate of drug-likeness (QED) is 0.891. The van der Waals surface area contributed by atoms with Crippen LogP contribution in [0.5, 0.6) is 0 Å². The molecule has 1 unspecified atom stereocenters. The first-order chi connectivity index (χ1) is 9.13. The molecule has 0 aromatic heterocycles. The number of nitrogens with zero attached hydrogens (tertiary/aromatic N) is 1. The Hall–Kier alpha value is -0.510. The Morgan fingerprint density at radius 1 is 1.26 bits per heavy atom. The van der Waals surface area contributed by atoms with Gasteiger partial charge in [-0.25, -0.2) is 0 Å². The molecule has 1 N–H and O–H groups in total. The fourth-order valence-corrected chi connectivity index (χ4v) is 3.46. The predicted molar refractivity (Wildman–Crippen MR) is 85.6 cm³/mol. The van der Waals surface area contributed by atoms with Gasteiger partial charge in [-0.3, -0.25) is 4.90 Å². The van der Waals surface area contributed by atoms with Crippen LogP contribution >= 0.6 is 11.8 Å². The summed E-state index contributed by atoms with van der Waals surface area (Å²) in [7, 11) is 0. The Balaban J connectivity index is 1.84. The molecule has 106 valence electrons. The number of benzene rings is 1. The van der Waals surface area contributed by atoms with Crippen LogP contribution in [0.15, 0.2) is 24.3 Å². The van der Waals surface area contributed by atoms with Crippen molar-refractivity contribution in [1.82, 2.24) is 10.2 Å². The molecule has 1 heterocycles. The Labute approximate surface area is 122 Å². The van der Waals surface area contributed by atoms with E-state index in [4.69, 9.17) is 0 Å². The lowest BCUT2D eigenvalue weighted by Gasteiger charge is -2.30. The van der Waals surface area contributed by atoms with Gasteiger partial charge in [0.25, 0.3) is 0 Å². The van der Waals surface area contributed by atoms with Gasteiger partial charge in [0.05, 0.1) is 0 Å². The second-order valence-corrected chi connectivity index (χ2v) is 7.31. The minimum Gasteiger partial charge on any atom is -0.310 e. The monoisotopic (exact) mass is 278 g/mol. The van der Waals surface area contributed by atoms with Gasteiger partial charge in [0.15, 0.2) is 0 Å². The summed E-state index contributed by atoms with van der Waals surface area (Å²) in [4.78, 5) is 2.57. The molecule has 1 aromatic rings. The Morgan fingerprint density at radius 2 is 1.95 bits per heavy atom. The zero-order valence-corrected chi connectivity index (χ0v) is 13.2. The summed E-state index contributed by atoms with van der Waals surface area (Å²) in [5.74, 6) is 1.28. The first-order valence-electron chi connectivity index (χ1n) is 7.28. The summed E-state index contributed by atoms with van der Waals surface area (Å²) in [6, 6.07) is 9.62. The van der Waals surface area contributed by atoms with Gasteiger partial charge in [-0.2, -0.15) is 11.8 Å². The molecular formula is C16H26N2S. The van der Waals surface area contributed by atoms with E-state index in [1.165, 1.54) is 30.0 Å². The predicted octanol–water partition coefficient (Wildman–Crippen LogP) is 3.12. The standard InChI is InChI=1S/C16H26N2S/c1-13(2)17-10-15-4-6-16(7-5-15)12-18-8-9-19-14(3)11-18/h4-7,13-14,17H,8-12H2,1-3H3. The molecule has 2 nitrogen and oxygen atoms in total. The van der Waals surface area contributed by atoms with E-state index in [0.717, 1.165) is 18.3 Å². The molecule has 1 saturated heterocycles. The Kier molecular flexibility index (Phi) is 5.74. The molecule has 1 aliphatic heterocycles. The largest absolute Gasteiger partial charge is 0.310 e. The lowest BCUT2D eigenvalue weighted by molar-refractivity contribution is 0.278. The van der Waals surface area contributed by atoms with Gasteiger partial charge in [0.2, 0.25) is 0 Å². The van der Waals surface area contributed by atoms with Gasteiger partial charge in [0, 0.05) is 43.2 Å². The highest BCUT2D eigenvalue weighted by molar-refractivity contribution is 7.99. The topological polar surface area (TPSA) is 15.3 Å². The minimum atomic E-state index is 0.548. The third kappa shape index (κ3) is 5.17. The van der Waals surface area contributed by atoms with Crippen LogP contribution in [0.2, 0.25) is 0 Å². The normalized spacial score (nSPS) is 20.9. The highest BCUT2D eigenvalue weighted by atomic mass is 32.2. The number of hydrogen-bond donors (Lipinski definition) is 1. The summed E-state index contributed by atoms with van der Waals surface area (Å²) >= 11 is 2.09. The molecule has 19 heavy (non-hydrogen) atoms. The maximum absolute atomic E-state index is 3.46. The summed E-state index contributed by atoms with van der Waals surface area (Å²) in [6.45, 7) is 11.2. The van der Waals surface area contributed by atoms with Gasteiger partial charge in [-0.1, -0.05) is 45.0 Å². The van der Waals surface area contributed by atoms with Crippen LogP contribution in [-0.4, -0.2) is 35.0 Å². The van der Waals surface area contributed by atoms with Crippen molar-refractivity contribution in [3.8, 4) is 0 Å². The maximum Gasteiger partial charge on any atom is 0.0234 e. The highest BCUT2D eigenvalue weighted by Crippen LogP contribution is 2.19. The second-order valence-electron chi connectivity index (χ2n) is 5.77. The summed E-state index contributed by atoms with van der Waals surface area (Å²) in [5, 5.41) is 4.24. The van der Waals surface area contributed by atoms with E-state index in [2.05, 4.69) is 67.0 Å². The number of thioether (sulfide) groups is 1. The fourth-order valence-electron chi connectivity index (χ4n) is 2.38. The van der Waals surface area contributed by atoms with Crippen LogP contribution in [0.1, 0.15) is 31.9 Å². The molecule has 1 aromatic carbocycles. The van der Waals surface area contributed by atoms with E-state index in [1.807, 2.05) is 0 Å². The molecule has 1 fully saturated rings. The molecule has 0 saturated carbocycles. The second kappa shape index (κ2) is 7.32. The average Bonchev–Trinajstić information content (AvgIpc) is 2.38. The average molecular weight is 278 g/mol. The summed E-state index contributed by atoms with van der Waals surface area (Å²) in [5.41, 5.74) is 2.81. The number of nitrogens with one attached hydrogen (secondary N) is 1. The van der Waals surface area contributed by atoms with E-state index in [-0.39, 0.29) is 0 Å². The van der Waals surface area contributed by atoms with Gasteiger partial charge < -0.3 is 5.32 Å². The molecule has 0 bridgehead atoms. The first-order valence-corrected chi connectivity index (χ1v) is 8.33. The van der Waals surface area contributed by atoms with E-state index >= 15 is 0 Å². The van der Waals surface area contributed by atoms with Crippen molar-refractivity contribution in [1.29, 1.82) is 0 Å². The van der Waals surface area contributed by atoms with E-state index in [0.29, 0.717) is 6.04 Å². The first kappa shape index (κ1) is 14.9.